The number of nitrogens with zero attached hydrogens (tertiary/aromatic N) is 1. The van der Waals surface area contributed by atoms with Crippen LogP contribution in [-0.2, 0) is 0 Å². The molecule has 1 heteroatoms. The van der Waals surface area contributed by atoms with Crippen molar-refractivity contribution in [2.75, 3.05) is 0 Å². The van der Waals surface area contributed by atoms with Crippen LogP contribution >= 0.6 is 0 Å². The molecule has 1 heterocycles. The SMILES string of the molecule is Cc1cccc(-c2ccccc2)n1. The first-order valence-corrected chi connectivity index (χ1v) is 4.35. The van der Waals surface area contributed by atoms with Gasteiger partial charge in [0.25, 0.3) is 0 Å². The highest BCUT2D eigenvalue weighted by atomic mass is 14.7. The Labute approximate surface area is 78.1 Å². The molecule has 0 saturated carbocycles. The van der Waals surface area contributed by atoms with Gasteiger partial charge in [-0.05, 0) is 19.1 Å². The summed E-state index contributed by atoms with van der Waals surface area (Å²) >= 11 is 0. The van der Waals surface area contributed by atoms with E-state index in [0.29, 0.717) is 0 Å². The average Bonchev–Trinajstić information content (AvgIpc) is 2.19. The molecule has 0 radical (unpaired) electrons. The minimum absolute atomic E-state index is 1.04. The van der Waals surface area contributed by atoms with Crippen LogP contribution in [0.25, 0.3) is 11.3 Å². The van der Waals surface area contributed by atoms with Crippen LogP contribution in [0.1, 0.15) is 5.69 Å². The third-order valence-corrected chi connectivity index (χ3v) is 1.96. The van der Waals surface area contributed by atoms with E-state index in [1.807, 2.05) is 43.3 Å². The normalized spacial score (nSPS) is 9.92. The molecule has 0 atom stereocenters. The number of rotatable bonds is 1. The van der Waals surface area contributed by atoms with Crippen molar-refractivity contribution >= 4 is 0 Å². The van der Waals surface area contributed by atoms with Crippen molar-refractivity contribution in [3.8, 4) is 11.3 Å². The maximum Gasteiger partial charge on any atom is 0.0705 e. The highest BCUT2D eigenvalue weighted by Crippen LogP contribution is 2.15. The van der Waals surface area contributed by atoms with Crippen LogP contribution in [0.4, 0.5) is 0 Å². The summed E-state index contributed by atoms with van der Waals surface area (Å²) in [5, 5.41) is 0. The van der Waals surface area contributed by atoms with Gasteiger partial charge in [-0.25, -0.2) is 0 Å². The smallest absolute Gasteiger partial charge is 0.0705 e. The van der Waals surface area contributed by atoms with Crippen molar-refractivity contribution in [3.05, 3.63) is 54.2 Å². The molecular formula is C12H11N. The van der Waals surface area contributed by atoms with E-state index >= 15 is 0 Å². The highest BCUT2D eigenvalue weighted by molar-refractivity contribution is 5.58. The molecule has 1 nitrogen and oxygen atoms in total. The average molecular weight is 169 g/mol. The van der Waals surface area contributed by atoms with Gasteiger partial charge in [-0.3, -0.25) is 4.98 Å². The third kappa shape index (κ3) is 1.75. The van der Waals surface area contributed by atoms with Crippen molar-refractivity contribution in [1.29, 1.82) is 0 Å². The van der Waals surface area contributed by atoms with E-state index in [4.69, 9.17) is 0 Å². The van der Waals surface area contributed by atoms with E-state index in [0.717, 1.165) is 11.4 Å². The molecule has 0 spiro atoms. The monoisotopic (exact) mass is 169 g/mol. The molecule has 1 aromatic heterocycles. The van der Waals surface area contributed by atoms with E-state index in [9.17, 15) is 0 Å². The molecule has 0 N–H and O–H groups in total. The molecule has 0 amide bonds. The van der Waals surface area contributed by atoms with E-state index in [1.165, 1.54) is 5.56 Å². The molecule has 0 unspecified atom stereocenters. The van der Waals surface area contributed by atoms with Crippen LogP contribution in [0.3, 0.4) is 0 Å². The lowest BCUT2D eigenvalue weighted by molar-refractivity contribution is 1.21. The lowest BCUT2D eigenvalue weighted by atomic mass is 10.1. The molecule has 2 rings (SSSR count). The fourth-order valence-electron chi connectivity index (χ4n) is 1.31. The van der Waals surface area contributed by atoms with Crippen molar-refractivity contribution < 1.29 is 0 Å². The molecule has 0 aliphatic carbocycles. The van der Waals surface area contributed by atoms with Crippen LogP contribution in [0, 0.1) is 6.92 Å². The molecule has 0 fully saturated rings. The Morgan fingerprint density at radius 2 is 1.62 bits per heavy atom. The minimum atomic E-state index is 1.04. The number of aromatic nitrogens is 1. The quantitative estimate of drug-likeness (QED) is 0.639. The van der Waals surface area contributed by atoms with E-state index in [2.05, 4.69) is 17.1 Å². The first kappa shape index (κ1) is 7.99. The van der Waals surface area contributed by atoms with Crippen molar-refractivity contribution in [1.82, 2.24) is 4.98 Å². The summed E-state index contributed by atoms with van der Waals surface area (Å²) in [4.78, 5) is 4.44. The summed E-state index contributed by atoms with van der Waals surface area (Å²) in [6, 6.07) is 16.3. The molecule has 64 valence electrons. The molecule has 0 saturated heterocycles. The number of benzene rings is 1. The topological polar surface area (TPSA) is 12.9 Å². The van der Waals surface area contributed by atoms with E-state index < -0.39 is 0 Å². The lowest BCUT2D eigenvalue weighted by Crippen LogP contribution is -1.84. The second-order valence-corrected chi connectivity index (χ2v) is 3.03. The first-order chi connectivity index (χ1) is 6.36. The van der Waals surface area contributed by atoms with Gasteiger partial charge in [-0.1, -0.05) is 36.4 Å². The predicted octanol–water partition coefficient (Wildman–Crippen LogP) is 3.06. The fraction of sp³-hybridized carbons (Fsp3) is 0.0833. The summed E-state index contributed by atoms with van der Waals surface area (Å²) in [5.74, 6) is 0. The maximum atomic E-state index is 4.44. The highest BCUT2D eigenvalue weighted by Gasteiger charge is 1.96. The lowest BCUT2D eigenvalue weighted by Gasteiger charge is -2.00. The van der Waals surface area contributed by atoms with Gasteiger partial charge in [0.05, 0.1) is 5.69 Å². The first-order valence-electron chi connectivity index (χ1n) is 4.35. The Morgan fingerprint density at radius 1 is 0.846 bits per heavy atom. The molecule has 0 bridgehead atoms. The zero-order valence-corrected chi connectivity index (χ0v) is 7.57. The van der Waals surface area contributed by atoms with Gasteiger partial charge < -0.3 is 0 Å². The summed E-state index contributed by atoms with van der Waals surface area (Å²) in [6.07, 6.45) is 0. The van der Waals surface area contributed by atoms with Gasteiger partial charge >= 0.3 is 0 Å². The van der Waals surface area contributed by atoms with Crippen molar-refractivity contribution in [3.63, 3.8) is 0 Å². The molecule has 0 aliphatic rings. The van der Waals surface area contributed by atoms with Crippen LogP contribution in [0.15, 0.2) is 48.5 Å². The van der Waals surface area contributed by atoms with Gasteiger partial charge in [-0.2, -0.15) is 0 Å². The van der Waals surface area contributed by atoms with Gasteiger partial charge in [-0.15, -0.1) is 0 Å². The Hall–Kier alpha value is -1.63. The molecule has 0 aliphatic heterocycles. The van der Waals surface area contributed by atoms with Crippen LogP contribution in [0.2, 0.25) is 0 Å². The zero-order chi connectivity index (χ0) is 9.10. The second kappa shape index (κ2) is 3.40. The summed E-state index contributed by atoms with van der Waals surface area (Å²) in [5.41, 5.74) is 3.27. The van der Waals surface area contributed by atoms with Crippen molar-refractivity contribution in [2.45, 2.75) is 6.92 Å². The van der Waals surface area contributed by atoms with E-state index in [-0.39, 0.29) is 0 Å². The number of pyridine rings is 1. The predicted molar refractivity (Wildman–Crippen MR) is 54.4 cm³/mol. The molecule has 13 heavy (non-hydrogen) atoms. The fourth-order valence-corrected chi connectivity index (χ4v) is 1.31. The van der Waals surface area contributed by atoms with Gasteiger partial charge in [0.2, 0.25) is 0 Å². The number of aryl methyl sites for hydroxylation is 1. The molecule has 2 aromatic rings. The Balaban J connectivity index is 2.48. The number of hydrogen-bond donors (Lipinski definition) is 0. The number of hydrogen-bond acceptors (Lipinski definition) is 1. The summed E-state index contributed by atoms with van der Waals surface area (Å²) < 4.78 is 0. The zero-order valence-electron chi connectivity index (χ0n) is 7.57. The van der Waals surface area contributed by atoms with Crippen LogP contribution in [0.5, 0.6) is 0 Å². The van der Waals surface area contributed by atoms with Crippen molar-refractivity contribution in [2.24, 2.45) is 0 Å². The summed E-state index contributed by atoms with van der Waals surface area (Å²) in [7, 11) is 0. The second-order valence-electron chi connectivity index (χ2n) is 3.03. The molecular weight excluding hydrogens is 158 g/mol. The Bertz CT molecular complexity index is 393. The van der Waals surface area contributed by atoms with Crippen LogP contribution in [-0.4, -0.2) is 4.98 Å². The Kier molecular flexibility index (Phi) is 2.09. The summed E-state index contributed by atoms with van der Waals surface area (Å²) in [6.45, 7) is 2.01. The van der Waals surface area contributed by atoms with E-state index in [1.54, 1.807) is 0 Å². The van der Waals surface area contributed by atoms with Crippen LogP contribution < -0.4 is 0 Å². The van der Waals surface area contributed by atoms with Gasteiger partial charge in [0.1, 0.15) is 0 Å². The molecule has 1 aromatic carbocycles. The third-order valence-electron chi connectivity index (χ3n) is 1.96. The largest absolute Gasteiger partial charge is 0.253 e. The maximum absolute atomic E-state index is 4.44. The minimum Gasteiger partial charge on any atom is -0.253 e. The standard InChI is InChI=1S/C12H11N/c1-10-6-5-9-12(13-10)11-7-3-2-4-8-11/h2-9H,1H3. The van der Waals surface area contributed by atoms with Gasteiger partial charge in [0, 0.05) is 11.3 Å². The Morgan fingerprint density at radius 3 is 2.31 bits per heavy atom. The van der Waals surface area contributed by atoms with Gasteiger partial charge in [0.15, 0.2) is 0 Å².